The van der Waals surface area contributed by atoms with E-state index in [4.69, 9.17) is 4.74 Å². The fourth-order valence-corrected chi connectivity index (χ4v) is 0.993. The van der Waals surface area contributed by atoms with Gasteiger partial charge in [-0.1, -0.05) is 6.08 Å². The van der Waals surface area contributed by atoms with E-state index in [0.29, 0.717) is 0 Å². The van der Waals surface area contributed by atoms with Crippen molar-refractivity contribution >= 4 is 0 Å². The number of allylic oxidation sites excluding steroid dienone is 1. The third-order valence-electron chi connectivity index (χ3n) is 1.48. The average Bonchev–Trinajstić information content (AvgIpc) is 2.34. The molecular formula is C8H13O. The van der Waals surface area contributed by atoms with Crippen LogP contribution in [0, 0.1) is 6.61 Å². The third kappa shape index (κ3) is 2.19. The van der Waals surface area contributed by atoms with E-state index in [2.05, 4.69) is 6.08 Å². The molecule has 0 aromatic rings. The Labute approximate surface area is 56.7 Å². The quantitative estimate of drug-likeness (QED) is 0.562. The summed E-state index contributed by atoms with van der Waals surface area (Å²) in [5.74, 6) is 0. The third-order valence-corrected chi connectivity index (χ3v) is 1.48. The van der Waals surface area contributed by atoms with Crippen LogP contribution in [0.2, 0.25) is 0 Å². The van der Waals surface area contributed by atoms with Gasteiger partial charge in [0.05, 0.1) is 0 Å². The van der Waals surface area contributed by atoms with E-state index in [-0.39, 0.29) is 0 Å². The minimum atomic E-state index is 0.789. The van der Waals surface area contributed by atoms with E-state index < -0.39 is 0 Å². The van der Waals surface area contributed by atoms with Gasteiger partial charge in [0.25, 0.3) is 0 Å². The standard InChI is InChI=1S/C8H13O/c1-2-9-7-8-5-3-4-6-8/h5,7H,2-4,6H2,1H3. The molecule has 0 aromatic carbocycles. The molecule has 0 N–H and O–H groups in total. The van der Waals surface area contributed by atoms with Gasteiger partial charge in [-0.25, -0.2) is 0 Å². The summed E-state index contributed by atoms with van der Waals surface area (Å²) in [6.45, 7) is 4.68. The van der Waals surface area contributed by atoms with Gasteiger partial charge in [0.1, 0.15) is 6.61 Å². The molecule has 0 aliphatic heterocycles. The summed E-state index contributed by atoms with van der Waals surface area (Å²) in [5.41, 5.74) is 1.37. The molecule has 0 aromatic heterocycles. The van der Waals surface area contributed by atoms with Crippen LogP contribution >= 0.6 is 0 Å². The lowest BCUT2D eigenvalue weighted by Crippen LogP contribution is -1.87. The molecule has 9 heavy (non-hydrogen) atoms. The van der Waals surface area contributed by atoms with E-state index in [1.165, 1.54) is 24.8 Å². The molecule has 1 nitrogen and oxygen atoms in total. The van der Waals surface area contributed by atoms with Crippen molar-refractivity contribution in [3.05, 3.63) is 18.3 Å². The van der Waals surface area contributed by atoms with Crippen LogP contribution in [0.1, 0.15) is 26.2 Å². The lowest BCUT2D eigenvalue weighted by molar-refractivity contribution is 0.227. The highest BCUT2D eigenvalue weighted by molar-refractivity contribution is 5.13. The molecule has 0 saturated carbocycles. The maximum absolute atomic E-state index is 5.12. The summed E-state index contributed by atoms with van der Waals surface area (Å²) in [6, 6.07) is 0. The molecule has 1 radical (unpaired) electrons. The van der Waals surface area contributed by atoms with Crippen LogP contribution in [0.25, 0.3) is 0 Å². The summed E-state index contributed by atoms with van der Waals surface area (Å²) in [6.07, 6.45) is 5.99. The lowest BCUT2D eigenvalue weighted by Gasteiger charge is -1.98. The summed E-state index contributed by atoms with van der Waals surface area (Å²) < 4.78 is 5.12. The van der Waals surface area contributed by atoms with Gasteiger partial charge in [-0.05, 0) is 31.8 Å². The lowest BCUT2D eigenvalue weighted by atomic mass is 10.2. The minimum Gasteiger partial charge on any atom is -0.371 e. The maximum Gasteiger partial charge on any atom is 0.108 e. The Morgan fingerprint density at radius 2 is 2.67 bits per heavy atom. The first-order valence-electron chi connectivity index (χ1n) is 3.57. The molecule has 0 bridgehead atoms. The normalized spacial score (nSPS) is 18.1. The molecule has 0 amide bonds. The van der Waals surface area contributed by atoms with Gasteiger partial charge in [0.15, 0.2) is 0 Å². The number of ether oxygens (including phenoxy) is 1. The van der Waals surface area contributed by atoms with Crippen molar-refractivity contribution in [1.29, 1.82) is 0 Å². The Kier molecular flexibility index (Phi) is 2.78. The maximum atomic E-state index is 5.12. The zero-order valence-corrected chi connectivity index (χ0v) is 5.89. The van der Waals surface area contributed by atoms with Gasteiger partial charge < -0.3 is 4.74 Å². The van der Waals surface area contributed by atoms with E-state index in [1.54, 1.807) is 0 Å². The molecule has 0 atom stereocenters. The number of hydrogen-bond acceptors (Lipinski definition) is 1. The zero-order valence-electron chi connectivity index (χ0n) is 5.89. The molecular weight excluding hydrogens is 112 g/mol. The highest BCUT2D eigenvalue weighted by atomic mass is 16.5. The van der Waals surface area contributed by atoms with Crippen LogP contribution in [-0.2, 0) is 4.74 Å². The van der Waals surface area contributed by atoms with Crippen molar-refractivity contribution < 1.29 is 4.74 Å². The first-order chi connectivity index (χ1) is 4.43. The van der Waals surface area contributed by atoms with Crippen molar-refractivity contribution in [3.63, 3.8) is 0 Å². The monoisotopic (exact) mass is 125 g/mol. The van der Waals surface area contributed by atoms with Crippen molar-refractivity contribution in [1.82, 2.24) is 0 Å². The van der Waals surface area contributed by atoms with E-state index >= 15 is 0 Å². The molecule has 0 spiro atoms. The first-order valence-corrected chi connectivity index (χ1v) is 3.57. The fourth-order valence-electron chi connectivity index (χ4n) is 0.993. The molecule has 1 aliphatic carbocycles. The zero-order chi connectivity index (χ0) is 6.53. The smallest absolute Gasteiger partial charge is 0.108 e. The second-order valence-electron chi connectivity index (χ2n) is 2.24. The Morgan fingerprint density at radius 3 is 3.22 bits per heavy atom. The highest BCUT2D eigenvalue weighted by Crippen LogP contribution is 2.19. The van der Waals surface area contributed by atoms with Crippen LogP contribution in [-0.4, -0.2) is 6.61 Å². The van der Waals surface area contributed by atoms with Crippen molar-refractivity contribution in [2.24, 2.45) is 0 Å². The van der Waals surface area contributed by atoms with E-state index in [1.807, 2.05) is 13.5 Å². The van der Waals surface area contributed by atoms with Gasteiger partial charge in [-0.3, -0.25) is 0 Å². The number of hydrogen-bond donors (Lipinski definition) is 0. The Hall–Kier alpha value is -0.300. The fraction of sp³-hybridized carbons (Fsp3) is 0.625. The molecule has 0 fully saturated rings. The SMILES string of the molecule is CCO[CH]C1=CCCC1. The Morgan fingerprint density at radius 1 is 1.78 bits per heavy atom. The average molecular weight is 125 g/mol. The summed E-state index contributed by atoms with van der Waals surface area (Å²) in [4.78, 5) is 0. The highest BCUT2D eigenvalue weighted by Gasteiger charge is 2.03. The van der Waals surface area contributed by atoms with E-state index in [0.717, 1.165) is 6.61 Å². The first kappa shape index (κ1) is 6.81. The summed E-state index contributed by atoms with van der Waals surface area (Å²) >= 11 is 0. The second kappa shape index (κ2) is 3.67. The van der Waals surface area contributed by atoms with Gasteiger partial charge >= 0.3 is 0 Å². The molecule has 1 rings (SSSR count). The number of rotatable bonds is 3. The van der Waals surface area contributed by atoms with Crippen LogP contribution in [0.5, 0.6) is 0 Å². The van der Waals surface area contributed by atoms with Gasteiger partial charge in [0.2, 0.25) is 0 Å². The predicted molar refractivity (Wildman–Crippen MR) is 37.9 cm³/mol. The topological polar surface area (TPSA) is 9.23 Å². The summed E-state index contributed by atoms with van der Waals surface area (Å²) in [7, 11) is 0. The van der Waals surface area contributed by atoms with E-state index in [9.17, 15) is 0 Å². The van der Waals surface area contributed by atoms with Crippen LogP contribution in [0.3, 0.4) is 0 Å². The minimum absolute atomic E-state index is 0.789. The predicted octanol–water partition coefficient (Wildman–Crippen LogP) is 2.29. The Balaban J connectivity index is 2.11. The molecule has 0 unspecified atom stereocenters. The molecule has 51 valence electrons. The van der Waals surface area contributed by atoms with Crippen LogP contribution in [0.15, 0.2) is 11.6 Å². The summed E-state index contributed by atoms with van der Waals surface area (Å²) in [5, 5.41) is 0. The largest absolute Gasteiger partial charge is 0.371 e. The van der Waals surface area contributed by atoms with Crippen molar-refractivity contribution in [2.75, 3.05) is 6.61 Å². The van der Waals surface area contributed by atoms with Gasteiger partial charge in [0, 0.05) is 6.61 Å². The molecule has 1 aliphatic rings. The molecule has 0 heterocycles. The van der Waals surface area contributed by atoms with Crippen LogP contribution in [0.4, 0.5) is 0 Å². The van der Waals surface area contributed by atoms with Crippen molar-refractivity contribution in [3.8, 4) is 0 Å². The van der Waals surface area contributed by atoms with Gasteiger partial charge in [-0.2, -0.15) is 0 Å². The Bertz CT molecular complexity index is 105. The second-order valence-corrected chi connectivity index (χ2v) is 2.24. The molecule has 1 heteroatoms. The van der Waals surface area contributed by atoms with Gasteiger partial charge in [-0.15, -0.1) is 0 Å². The van der Waals surface area contributed by atoms with Crippen molar-refractivity contribution in [2.45, 2.75) is 26.2 Å². The molecule has 0 saturated heterocycles. The van der Waals surface area contributed by atoms with Crippen LogP contribution < -0.4 is 0 Å².